The van der Waals surface area contributed by atoms with Gasteiger partial charge in [-0.05, 0) is 53.4 Å². The molecule has 6 nitrogen and oxygen atoms in total. The molecule has 0 saturated heterocycles. The zero-order valence-electron chi connectivity index (χ0n) is 19.2. The minimum atomic E-state index is -4.61. The van der Waals surface area contributed by atoms with Crippen LogP contribution in [0.4, 0.5) is 13.2 Å². The van der Waals surface area contributed by atoms with Crippen LogP contribution >= 0.6 is 15.9 Å². The van der Waals surface area contributed by atoms with Crippen LogP contribution in [0.15, 0.2) is 36.5 Å². The largest absolute Gasteiger partial charge is 0.497 e. The zero-order valence-corrected chi connectivity index (χ0v) is 20.7. The number of carbonyl (C=O) groups excluding carboxylic acids is 1. The van der Waals surface area contributed by atoms with Crippen LogP contribution in [-0.4, -0.2) is 40.8 Å². The number of carbonyl (C=O) groups is 1. The van der Waals surface area contributed by atoms with E-state index < -0.39 is 11.9 Å². The first-order valence-corrected chi connectivity index (χ1v) is 12.3. The van der Waals surface area contributed by atoms with Crippen molar-refractivity contribution >= 4 is 21.8 Å². The van der Waals surface area contributed by atoms with Crippen molar-refractivity contribution < 1.29 is 27.4 Å². The van der Waals surface area contributed by atoms with Gasteiger partial charge in [-0.2, -0.15) is 18.3 Å². The van der Waals surface area contributed by atoms with Crippen LogP contribution < -0.4 is 9.47 Å². The number of amides is 1. The molecular formula is C25H23BrF3N3O3. The van der Waals surface area contributed by atoms with E-state index in [0.29, 0.717) is 59.5 Å². The summed E-state index contributed by atoms with van der Waals surface area (Å²) < 4.78 is 53.6. The van der Waals surface area contributed by atoms with Gasteiger partial charge in [-0.25, -0.2) is 0 Å². The Morgan fingerprint density at radius 2 is 1.97 bits per heavy atom. The van der Waals surface area contributed by atoms with Crippen LogP contribution in [0.2, 0.25) is 0 Å². The fraction of sp³-hybridized carbons (Fsp3) is 0.360. The number of halogens is 4. The third-order valence-electron chi connectivity index (χ3n) is 6.55. The monoisotopic (exact) mass is 549 g/mol. The van der Waals surface area contributed by atoms with Gasteiger partial charge in [0.15, 0.2) is 5.69 Å². The van der Waals surface area contributed by atoms with Gasteiger partial charge in [-0.15, -0.1) is 0 Å². The number of methoxy groups -OCH3 is 1. The molecule has 2 aliphatic heterocycles. The highest BCUT2D eigenvalue weighted by Gasteiger charge is 2.40. The highest BCUT2D eigenvalue weighted by atomic mass is 79.9. The average Bonchev–Trinajstić information content (AvgIpc) is 3.25. The zero-order chi connectivity index (χ0) is 24.9. The molecule has 1 amide bonds. The minimum Gasteiger partial charge on any atom is -0.497 e. The van der Waals surface area contributed by atoms with Crippen LogP contribution in [-0.2, 0) is 25.0 Å². The lowest BCUT2D eigenvalue weighted by atomic mass is 9.87. The number of benzene rings is 2. The predicted octanol–water partition coefficient (Wildman–Crippen LogP) is 5.53. The van der Waals surface area contributed by atoms with E-state index in [1.807, 2.05) is 18.2 Å². The molecule has 184 valence electrons. The predicted molar refractivity (Wildman–Crippen MR) is 127 cm³/mol. The molecule has 0 radical (unpaired) electrons. The van der Waals surface area contributed by atoms with E-state index in [4.69, 9.17) is 9.47 Å². The van der Waals surface area contributed by atoms with E-state index in [1.165, 1.54) is 13.2 Å². The second-order valence-corrected chi connectivity index (χ2v) is 9.23. The van der Waals surface area contributed by atoms with E-state index in [1.54, 1.807) is 24.1 Å². The highest BCUT2D eigenvalue weighted by molar-refractivity contribution is 9.08. The number of hydrogen-bond acceptors (Lipinski definition) is 4. The van der Waals surface area contributed by atoms with E-state index in [2.05, 4.69) is 21.0 Å². The first-order valence-electron chi connectivity index (χ1n) is 11.2. The van der Waals surface area contributed by atoms with Gasteiger partial charge in [-0.3, -0.25) is 9.48 Å². The number of rotatable bonds is 4. The Hall–Kier alpha value is -3.01. The molecule has 0 bridgehead atoms. The number of ether oxygens (including phenoxy) is 2. The number of aromatic nitrogens is 2. The van der Waals surface area contributed by atoms with Gasteiger partial charge < -0.3 is 14.4 Å². The highest BCUT2D eigenvalue weighted by Crippen LogP contribution is 2.43. The number of fused-ring (bicyclic) bond motifs is 2. The van der Waals surface area contributed by atoms with Crippen LogP contribution in [0, 0.1) is 0 Å². The maximum absolute atomic E-state index is 13.8. The average molecular weight is 550 g/mol. The Bertz CT molecular complexity index is 1310. The molecular weight excluding hydrogens is 527 g/mol. The summed E-state index contributed by atoms with van der Waals surface area (Å²) in [6.45, 7) is 0.855. The fourth-order valence-corrected chi connectivity index (χ4v) is 5.32. The third-order valence-corrected chi connectivity index (χ3v) is 7.19. The first kappa shape index (κ1) is 23.7. The molecule has 2 aliphatic rings. The summed E-state index contributed by atoms with van der Waals surface area (Å²) in [5.41, 5.74) is 2.08. The van der Waals surface area contributed by atoms with Crippen molar-refractivity contribution in [1.82, 2.24) is 14.7 Å². The lowest BCUT2D eigenvalue weighted by Gasteiger charge is -2.39. The molecule has 0 spiro atoms. The van der Waals surface area contributed by atoms with Gasteiger partial charge in [0.1, 0.15) is 11.5 Å². The molecule has 3 heterocycles. The third kappa shape index (κ3) is 4.17. The lowest BCUT2D eigenvalue weighted by Crippen LogP contribution is -2.42. The molecule has 0 saturated carbocycles. The van der Waals surface area contributed by atoms with E-state index in [-0.39, 0.29) is 17.5 Å². The Morgan fingerprint density at radius 3 is 2.69 bits per heavy atom. The van der Waals surface area contributed by atoms with E-state index in [9.17, 15) is 18.0 Å². The standard InChI is InChI=1S/C25H23BrF3N3O3/c1-31-13-20(23(30-31)25(27,28)29)17-9-14(12-26)10-18-16(17)5-7-32(24(18)33)21-6-8-35-22-4-3-15(34-2)11-19(21)22/h3-4,9-11,13,21H,5-8,12H2,1-2H3/t21-/m0/s1. The van der Waals surface area contributed by atoms with Crippen molar-refractivity contribution in [2.45, 2.75) is 30.4 Å². The summed E-state index contributed by atoms with van der Waals surface area (Å²) in [7, 11) is 3.04. The van der Waals surface area contributed by atoms with Crippen molar-refractivity contribution in [3.63, 3.8) is 0 Å². The number of alkyl halides is 4. The van der Waals surface area contributed by atoms with Crippen LogP contribution in [0.5, 0.6) is 11.5 Å². The Morgan fingerprint density at radius 1 is 1.20 bits per heavy atom. The molecule has 1 atom stereocenters. The van der Waals surface area contributed by atoms with Crippen LogP contribution in [0.1, 0.15) is 45.2 Å². The van der Waals surface area contributed by atoms with Gasteiger partial charge in [0, 0.05) is 48.2 Å². The molecule has 1 aromatic heterocycles. The number of hydrogen-bond donors (Lipinski definition) is 0. The van der Waals surface area contributed by atoms with Gasteiger partial charge in [0.05, 0.1) is 19.8 Å². The van der Waals surface area contributed by atoms with Crippen LogP contribution in [0.25, 0.3) is 11.1 Å². The molecule has 0 N–H and O–H groups in total. The van der Waals surface area contributed by atoms with Crippen molar-refractivity contribution in [3.8, 4) is 22.6 Å². The minimum absolute atomic E-state index is 0.0125. The molecule has 2 aromatic carbocycles. The van der Waals surface area contributed by atoms with Crippen molar-refractivity contribution in [2.24, 2.45) is 7.05 Å². The number of aryl methyl sites for hydroxylation is 1. The Labute approximate surface area is 208 Å². The summed E-state index contributed by atoms with van der Waals surface area (Å²) in [6.07, 6.45) is -2.19. The van der Waals surface area contributed by atoms with Crippen molar-refractivity contribution in [1.29, 1.82) is 0 Å². The SMILES string of the molecule is COc1ccc2c(c1)[C@@H](N1CCc3c(cc(CBr)cc3-c3cn(C)nc3C(F)(F)F)C1=O)CCO2. The van der Waals surface area contributed by atoms with Crippen molar-refractivity contribution in [3.05, 3.63) is 64.5 Å². The van der Waals surface area contributed by atoms with Crippen LogP contribution in [0.3, 0.4) is 0 Å². The maximum atomic E-state index is 13.8. The van der Waals surface area contributed by atoms with Gasteiger partial charge >= 0.3 is 6.18 Å². The summed E-state index contributed by atoms with van der Waals surface area (Å²) in [5, 5.41) is 4.07. The fourth-order valence-electron chi connectivity index (χ4n) is 5.00. The molecule has 0 unspecified atom stereocenters. The molecule has 5 rings (SSSR count). The number of nitrogens with zero attached hydrogens (tertiary/aromatic N) is 3. The molecule has 0 aliphatic carbocycles. The normalized spacial score (nSPS) is 17.6. The van der Waals surface area contributed by atoms with E-state index in [0.717, 1.165) is 15.8 Å². The molecule has 0 fully saturated rings. The lowest BCUT2D eigenvalue weighted by molar-refractivity contribution is -0.140. The maximum Gasteiger partial charge on any atom is 0.435 e. The molecule has 3 aromatic rings. The van der Waals surface area contributed by atoms with Gasteiger partial charge in [0.2, 0.25) is 0 Å². The molecule has 35 heavy (non-hydrogen) atoms. The summed E-state index contributed by atoms with van der Waals surface area (Å²) in [4.78, 5) is 15.6. The first-order chi connectivity index (χ1) is 16.7. The van der Waals surface area contributed by atoms with Gasteiger partial charge in [0.25, 0.3) is 5.91 Å². The van der Waals surface area contributed by atoms with Crippen molar-refractivity contribution in [2.75, 3.05) is 20.3 Å². The smallest absolute Gasteiger partial charge is 0.435 e. The topological polar surface area (TPSA) is 56.6 Å². The second-order valence-electron chi connectivity index (χ2n) is 8.67. The Balaban J connectivity index is 1.60. The second kappa shape index (κ2) is 8.89. The summed E-state index contributed by atoms with van der Waals surface area (Å²) in [5.74, 6) is 1.18. The van der Waals surface area contributed by atoms with Gasteiger partial charge in [-0.1, -0.05) is 15.9 Å². The molecule has 10 heteroatoms. The quantitative estimate of drug-likeness (QED) is 0.401. The van der Waals surface area contributed by atoms with E-state index >= 15 is 0 Å². The summed E-state index contributed by atoms with van der Waals surface area (Å²) >= 11 is 3.41. The Kier molecular flexibility index (Phi) is 6.03. The summed E-state index contributed by atoms with van der Waals surface area (Å²) in [6, 6.07) is 8.82.